The van der Waals surface area contributed by atoms with E-state index in [1.54, 1.807) is 0 Å². The molecular formula is C21H31FN2O3S. The monoisotopic (exact) mass is 410 g/mol. The molecule has 0 atom stereocenters. The van der Waals surface area contributed by atoms with Gasteiger partial charge in [0.25, 0.3) is 0 Å². The number of β-amino-alcohol motifs (C(OH)–C–C–N with tert-alkyl or cyclic N) is 1. The molecule has 4 rings (SSSR count). The third-order valence-electron chi connectivity index (χ3n) is 7.19. The second-order valence-corrected chi connectivity index (χ2v) is 11.0. The van der Waals surface area contributed by atoms with Crippen LogP contribution in [0, 0.1) is 11.2 Å². The Labute approximate surface area is 167 Å². The van der Waals surface area contributed by atoms with Gasteiger partial charge in [-0.3, -0.25) is 0 Å². The smallest absolute Gasteiger partial charge is 0.243 e. The first kappa shape index (κ1) is 20.3. The number of hydrogen-bond donors (Lipinski definition) is 1. The number of sulfonamides is 1. The van der Waals surface area contributed by atoms with Gasteiger partial charge in [0.2, 0.25) is 10.0 Å². The van der Waals surface area contributed by atoms with Crippen LogP contribution in [-0.4, -0.2) is 61.1 Å². The molecule has 1 aromatic carbocycles. The second kappa shape index (κ2) is 7.67. The van der Waals surface area contributed by atoms with E-state index in [9.17, 15) is 17.9 Å². The molecule has 1 aromatic rings. The van der Waals surface area contributed by atoms with Crippen molar-refractivity contribution in [2.45, 2.75) is 61.9 Å². The minimum atomic E-state index is -3.56. The van der Waals surface area contributed by atoms with Gasteiger partial charge in [-0.25, -0.2) is 12.8 Å². The molecule has 2 heterocycles. The van der Waals surface area contributed by atoms with Crippen molar-refractivity contribution >= 4 is 10.0 Å². The Bertz CT molecular complexity index is 772. The molecule has 28 heavy (non-hydrogen) atoms. The first-order valence-corrected chi connectivity index (χ1v) is 12.0. The second-order valence-electron chi connectivity index (χ2n) is 9.07. The lowest BCUT2D eigenvalue weighted by Crippen LogP contribution is -2.50. The van der Waals surface area contributed by atoms with Gasteiger partial charge in [0.1, 0.15) is 5.82 Å². The van der Waals surface area contributed by atoms with Gasteiger partial charge in [-0.1, -0.05) is 0 Å². The summed E-state index contributed by atoms with van der Waals surface area (Å²) < 4.78 is 40.3. The highest BCUT2D eigenvalue weighted by Crippen LogP contribution is 2.48. The molecule has 1 N–H and O–H groups in total. The fraction of sp³-hybridized carbons (Fsp3) is 0.714. The molecule has 1 spiro atoms. The van der Waals surface area contributed by atoms with Gasteiger partial charge < -0.3 is 10.0 Å². The van der Waals surface area contributed by atoms with E-state index in [4.69, 9.17) is 0 Å². The van der Waals surface area contributed by atoms with Gasteiger partial charge >= 0.3 is 0 Å². The van der Waals surface area contributed by atoms with Crippen molar-refractivity contribution in [3.8, 4) is 0 Å². The van der Waals surface area contributed by atoms with Gasteiger partial charge in [-0.05, 0) is 94.1 Å². The maximum absolute atomic E-state index is 13.1. The normalized spacial score (nSPS) is 25.9. The molecule has 3 fully saturated rings. The van der Waals surface area contributed by atoms with E-state index in [2.05, 4.69) is 4.90 Å². The molecule has 2 aliphatic heterocycles. The Balaban J connectivity index is 1.34. The van der Waals surface area contributed by atoms with Crippen molar-refractivity contribution in [2.75, 3.05) is 32.7 Å². The highest BCUT2D eigenvalue weighted by Gasteiger charge is 2.45. The van der Waals surface area contributed by atoms with Gasteiger partial charge in [-0.2, -0.15) is 4.31 Å². The quantitative estimate of drug-likeness (QED) is 0.829. The molecule has 1 aliphatic carbocycles. The minimum absolute atomic E-state index is 0.159. The minimum Gasteiger partial charge on any atom is -0.389 e. The van der Waals surface area contributed by atoms with Crippen LogP contribution in [0.4, 0.5) is 4.39 Å². The average molecular weight is 411 g/mol. The van der Waals surface area contributed by atoms with Crippen molar-refractivity contribution in [3.63, 3.8) is 0 Å². The fourth-order valence-corrected chi connectivity index (χ4v) is 6.66. The lowest BCUT2D eigenvalue weighted by molar-refractivity contribution is -0.0625. The number of piperidine rings is 1. The number of likely N-dealkylation sites (tertiary alicyclic amines) is 1. The lowest BCUT2D eigenvalue weighted by Gasteiger charge is -2.48. The lowest BCUT2D eigenvalue weighted by atomic mass is 9.64. The summed E-state index contributed by atoms with van der Waals surface area (Å²) in [6.45, 7) is 4.00. The molecule has 0 radical (unpaired) electrons. The molecule has 0 aromatic heterocycles. The number of halogens is 1. The molecule has 156 valence electrons. The molecule has 3 aliphatic rings. The van der Waals surface area contributed by atoms with E-state index in [1.165, 1.54) is 41.4 Å². The Morgan fingerprint density at radius 1 is 0.893 bits per heavy atom. The number of rotatable bonds is 4. The number of benzene rings is 1. The topological polar surface area (TPSA) is 60.9 Å². The standard InChI is InChI=1S/C21H31FN2O3S/c22-18-3-5-19(6-4-18)28(26,27)24-15-11-20(12-16-24)7-9-21(25,10-8-20)17-23-13-1-2-14-23/h3-6,25H,1-2,7-17H2. The van der Waals surface area contributed by atoms with Crippen LogP contribution in [0.2, 0.25) is 0 Å². The van der Waals surface area contributed by atoms with E-state index >= 15 is 0 Å². The van der Waals surface area contributed by atoms with Gasteiger partial charge in [0, 0.05) is 19.6 Å². The van der Waals surface area contributed by atoms with Crippen LogP contribution in [0.3, 0.4) is 0 Å². The zero-order valence-corrected chi connectivity index (χ0v) is 17.3. The molecular weight excluding hydrogens is 379 g/mol. The molecule has 0 bridgehead atoms. The summed E-state index contributed by atoms with van der Waals surface area (Å²) in [5.74, 6) is -0.430. The van der Waals surface area contributed by atoms with Crippen LogP contribution in [-0.2, 0) is 10.0 Å². The van der Waals surface area contributed by atoms with E-state index in [-0.39, 0.29) is 10.3 Å². The van der Waals surface area contributed by atoms with Crippen molar-refractivity contribution in [1.82, 2.24) is 9.21 Å². The van der Waals surface area contributed by atoms with Crippen LogP contribution in [0.1, 0.15) is 51.4 Å². The van der Waals surface area contributed by atoms with E-state index in [1.807, 2.05) is 0 Å². The van der Waals surface area contributed by atoms with Crippen molar-refractivity contribution in [2.24, 2.45) is 5.41 Å². The summed E-state index contributed by atoms with van der Waals surface area (Å²) in [7, 11) is -3.56. The highest BCUT2D eigenvalue weighted by molar-refractivity contribution is 7.89. The molecule has 5 nitrogen and oxygen atoms in total. The zero-order valence-electron chi connectivity index (χ0n) is 16.4. The Kier molecular flexibility index (Phi) is 5.55. The number of nitrogens with zero attached hydrogens (tertiary/aromatic N) is 2. The predicted molar refractivity (Wildman–Crippen MR) is 106 cm³/mol. The highest BCUT2D eigenvalue weighted by atomic mass is 32.2. The average Bonchev–Trinajstić information content (AvgIpc) is 3.18. The van der Waals surface area contributed by atoms with E-state index < -0.39 is 21.4 Å². The molecule has 0 unspecified atom stereocenters. The molecule has 0 amide bonds. The summed E-state index contributed by atoms with van der Waals surface area (Å²) >= 11 is 0. The third kappa shape index (κ3) is 4.13. The maximum Gasteiger partial charge on any atom is 0.243 e. The summed E-state index contributed by atoms with van der Waals surface area (Å²) in [5.41, 5.74) is -0.418. The largest absolute Gasteiger partial charge is 0.389 e. The van der Waals surface area contributed by atoms with Crippen molar-refractivity contribution in [1.29, 1.82) is 0 Å². The van der Waals surface area contributed by atoms with Gasteiger partial charge in [0.05, 0.1) is 10.5 Å². The fourth-order valence-electron chi connectivity index (χ4n) is 5.22. The summed E-state index contributed by atoms with van der Waals surface area (Å²) in [4.78, 5) is 2.55. The SMILES string of the molecule is O=S(=O)(c1ccc(F)cc1)N1CCC2(CC1)CCC(O)(CN1CCCC1)CC2. The number of aliphatic hydroxyl groups is 1. The van der Waals surface area contributed by atoms with Crippen LogP contribution in [0.25, 0.3) is 0 Å². The Morgan fingerprint density at radius 2 is 1.46 bits per heavy atom. The van der Waals surface area contributed by atoms with E-state index in [0.717, 1.165) is 58.2 Å². The maximum atomic E-state index is 13.1. The Hall–Kier alpha value is -1.02. The Morgan fingerprint density at radius 3 is 2.04 bits per heavy atom. The van der Waals surface area contributed by atoms with Crippen molar-refractivity contribution in [3.05, 3.63) is 30.1 Å². The van der Waals surface area contributed by atoms with Gasteiger partial charge in [-0.15, -0.1) is 0 Å². The van der Waals surface area contributed by atoms with Crippen molar-refractivity contribution < 1.29 is 17.9 Å². The van der Waals surface area contributed by atoms with Crippen LogP contribution in [0.5, 0.6) is 0 Å². The third-order valence-corrected chi connectivity index (χ3v) is 9.11. The molecule has 2 saturated heterocycles. The van der Waals surface area contributed by atoms with Gasteiger partial charge in [0.15, 0.2) is 0 Å². The van der Waals surface area contributed by atoms with Crippen LogP contribution >= 0.6 is 0 Å². The summed E-state index contributed by atoms with van der Waals surface area (Å²) in [6, 6.07) is 5.07. The summed E-state index contributed by atoms with van der Waals surface area (Å²) in [6.07, 6.45) is 7.73. The summed E-state index contributed by atoms with van der Waals surface area (Å²) in [5, 5.41) is 11.0. The van der Waals surface area contributed by atoms with E-state index in [0.29, 0.717) is 13.1 Å². The molecule has 7 heteroatoms. The first-order chi connectivity index (χ1) is 13.3. The zero-order chi connectivity index (χ0) is 19.8. The first-order valence-electron chi connectivity index (χ1n) is 10.5. The molecule has 1 saturated carbocycles. The van der Waals surface area contributed by atoms with Crippen LogP contribution in [0.15, 0.2) is 29.2 Å². The van der Waals surface area contributed by atoms with Crippen LogP contribution < -0.4 is 0 Å². The number of hydrogen-bond acceptors (Lipinski definition) is 4. The predicted octanol–water partition coefficient (Wildman–Crippen LogP) is 3.00.